The van der Waals surface area contributed by atoms with Crippen molar-refractivity contribution in [2.45, 2.75) is 25.5 Å². The Morgan fingerprint density at radius 3 is 2.89 bits per heavy atom. The first-order chi connectivity index (χ1) is 9.24. The Morgan fingerprint density at radius 2 is 2.21 bits per heavy atom. The zero-order valence-corrected chi connectivity index (χ0v) is 11.2. The number of hydrogen-bond donors (Lipinski definition) is 1. The van der Waals surface area contributed by atoms with E-state index in [1.807, 2.05) is 31.2 Å². The van der Waals surface area contributed by atoms with Crippen LogP contribution in [0.5, 0.6) is 11.5 Å². The first-order valence-corrected chi connectivity index (χ1v) is 6.44. The van der Waals surface area contributed by atoms with Gasteiger partial charge >= 0.3 is 5.97 Å². The molecule has 1 aromatic carbocycles. The van der Waals surface area contributed by atoms with Gasteiger partial charge in [0.25, 0.3) is 0 Å². The second-order valence-corrected chi connectivity index (χ2v) is 4.39. The van der Waals surface area contributed by atoms with Crippen molar-refractivity contribution in [3.63, 3.8) is 0 Å². The fourth-order valence-electron chi connectivity index (χ4n) is 1.97. The summed E-state index contributed by atoms with van der Waals surface area (Å²) < 4.78 is 16.1. The molecule has 1 aliphatic heterocycles. The molecule has 0 aliphatic carbocycles. The van der Waals surface area contributed by atoms with Crippen molar-refractivity contribution in [1.82, 2.24) is 5.32 Å². The number of hydrogen-bond acceptors (Lipinski definition) is 5. The van der Waals surface area contributed by atoms with E-state index in [0.29, 0.717) is 19.6 Å². The summed E-state index contributed by atoms with van der Waals surface area (Å²) in [6.07, 6.45) is 0.574. The predicted molar refractivity (Wildman–Crippen MR) is 70.5 cm³/mol. The van der Waals surface area contributed by atoms with Crippen LogP contribution >= 0.6 is 0 Å². The van der Waals surface area contributed by atoms with Gasteiger partial charge in [0.1, 0.15) is 18.8 Å². The van der Waals surface area contributed by atoms with E-state index in [1.54, 1.807) is 0 Å². The standard InChI is InChI=1S/C14H19NO4/c1-3-11(14(16)17-2)15-8-10-9-18-12-6-4-5-7-13(12)19-10/h4-7,10-11,15H,3,8-9H2,1-2H3. The molecule has 0 amide bonds. The quantitative estimate of drug-likeness (QED) is 0.815. The van der Waals surface area contributed by atoms with Crippen molar-refractivity contribution in [1.29, 1.82) is 0 Å². The maximum absolute atomic E-state index is 11.5. The molecule has 1 aromatic rings. The maximum atomic E-state index is 11.5. The molecule has 104 valence electrons. The van der Waals surface area contributed by atoms with Gasteiger partial charge in [0, 0.05) is 6.54 Å². The smallest absolute Gasteiger partial charge is 0.322 e. The predicted octanol–water partition coefficient (Wildman–Crippen LogP) is 1.37. The van der Waals surface area contributed by atoms with E-state index in [-0.39, 0.29) is 18.1 Å². The van der Waals surface area contributed by atoms with Gasteiger partial charge in [-0.15, -0.1) is 0 Å². The minimum atomic E-state index is -0.300. The second-order valence-electron chi connectivity index (χ2n) is 4.39. The average molecular weight is 265 g/mol. The van der Waals surface area contributed by atoms with Gasteiger partial charge in [0.2, 0.25) is 0 Å². The lowest BCUT2D eigenvalue weighted by atomic mass is 10.2. The summed E-state index contributed by atoms with van der Waals surface area (Å²) in [5.74, 6) is 1.25. The highest BCUT2D eigenvalue weighted by molar-refractivity contribution is 5.75. The molecule has 2 atom stereocenters. The fourth-order valence-corrected chi connectivity index (χ4v) is 1.97. The number of carbonyl (C=O) groups is 1. The molecule has 2 rings (SSSR count). The molecule has 1 N–H and O–H groups in total. The monoisotopic (exact) mass is 265 g/mol. The molecular weight excluding hydrogens is 246 g/mol. The third kappa shape index (κ3) is 3.38. The number of methoxy groups -OCH3 is 1. The Bertz CT molecular complexity index is 435. The topological polar surface area (TPSA) is 56.8 Å². The Morgan fingerprint density at radius 1 is 1.47 bits per heavy atom. The molecule has 0 aromatic heterocycles. The Balaban J connectivity index is 1.87. The van der Waals surface area contributed by atoms with Crippen LogP contribution in [-0.4, -0.2) is 38.4 Å². The Hall–Kier alpha value is -1.75. The molecule has 0 spiro atoms. The second kappa shape index (κ2) is 6.43. The van der Waals surface area contributed by atoms with E-state index >= 15 is 0 Å². The summed E-state index contributed by atoms with van der Waals surface area (Å²) in [4.78, 5) is 11.5. The Labute approximate surface area is 112 Å². The van der Waals surface area contributed by atoms with E-state index in [1.165, 1.54) is 7.11 Å². The minimum absolute atomic E-state index is 0.103. The highest BCUT2D eigenvalue weighted by Gasteiger charge is 2.23. The summed E-state index contributed by atoms with van der Waals surface area (Å²) in [5.41, 5.74) is 0. The number of para-hydroxylation sites is 2. The van der Waals surface area contributed by atoms with Crippen LogP contribution in [-0.2, 0) is 9.53 Å². The Kier molecular flexibility index (Phi) is 4.63. The van der Waals surface area contributed by atoms with Crippen molar-refractivity contribution in [2.24, 2.45) is 0 Å². The van der Waals surface area contributed by atoms with E-state index in [2.05, 4.69) is 5.32 Å². The third-order valence-electron chi connectivity index (χ3n) is 3.05. The van der Waals surface area contributed by atoms with Crippen LogP contribution in [0, 0.1) is 0 Å². The van der Waals surface area contributed by atoms with Crippen molar-refractivity contribution >= 4 is 5.97 Å². The lowest BCUT2D eigenvalue weighted by Crippen LogP contribution is -2.45. The van der Waals surface area contributed by atoms with Gasteiger partial charge in [-0.1, -0.05) is 19.1 Å². The summed E-state index contributed by atoms with van der Waals surface area (Å²) in [6.45, 7) is 2.95. The lowest BCUT2D eigenvalue weighted by Gasteiger charge is -2.27. The van der Waals surface area contributed by atoms with Crippen LogP contribution in [0.1, 0.15) is 13.3 Å². The van der Waals surface area contributed by atoms with E-state index in [4.69, 9.17) is 14.2 Å². The number of fused-ring (bicyclic) bond motifs is 1. The maximum Gasteiger partial charge on any atom is 0.322 e. The van der Waals surface area contributed by atoms with E-state index in [0.717, 1.165) is 11.5 Å². The largest absolute Gasteiger partial charge is 0.486 e. The number of benzene rings is 1. The number of nitrogens with one attached hydrogen (secondary N) is 1. The zero-order valence-electron chi connectivity index (χ0n) is 11.2. The molecule has 1 heterocycles. The minimum Gasteiger partial charge on any atom is -0.486 e. The van der Waals surface area contributed by atoms with E-state index < -0.39 is 0 Å². The SMILES string of the molecule is CCC(NCC1COc2ccccc2O1)C(=O)OC. The van der Waals surface area contributed by atoms with Gasteiger partial charge in [-0.2, -0.15) is 0 Å². The molecule has 0 saturated heterocycles. The highest BCUT2D eigenvalue weighted by atomic mass is 16.6. The molecule has 0 radical (unpaired) electrons. The highest BCUT2D eigenvalue weighted by Crippen LogP contribution is 2.30. The molecular formula is C14H19NO4. The number of ether oxygens (including phenoxy) is 3. The molecule has 2 unspecified atom stereocenters. The van der Waals surface area contributed by atoms with Crippen LogP contribution in [0.4, 0.5) is 0 Å². The summed E-state index contributed by atoms with van der Waals surface area (Å²) in [7, 11) is 1.39. The molecule has 5 heteroatoms. The van der Waals surface area contributed by atoms with Crippen molar-refractivity contribution in [3.05, 3.63) is 24.3 Å². The normalized spacial score (nSPS) is 18.7. The third-order valence-corrected chi connectivity index (χ3v) is 3.05. The van der Waals surface area contributed by atoms with E-state index in [9.17, 15) is 4.79 Å². The first-order valence-electron chi connectivity index (χ1n) is 6.44. The van der Waals surface area contributed by atoms with Crippen LogP contribution in [0.25, 0.3) is 0 Å². The van der Waals surface area contributed by atoms with Gasteiger partial charge in [-0.05, 0) is 18.6 Å². The molecule has 0 saturated carbocycles. The molecule has 0 fully saturated rings. The summed E-state index contributed by atoms with van der Waals surface area (Å²) in [6, 6.07) is 7.26. The van der Waals surface area contributed by atoms with Gasteiger partial charge in [-0.3, -0.25) is 4.79 Å². The molecule has 1 aliphatic rings. The summed E-state index contributed by atoms with van der Waals surface area (Å²) in [5, 5.41) is 3.14. The first kappa shape index (κ1) is 13.7. The van der Waals surface area contributed by atoms with Crippen molar-refractivity contribution in [3.8, 4) is 11.5 Å². The van der Waals surface area contributed by atoms with Crippen LogP contribution in [0.15, 0.2) is 24.3 Å². The lowest BCUT2D eigenvalue weighted by molar-refractivity contribution is -0.143. The molecule has 5 nitrogen and oxygen atoms in total. The number of esters is 1. The van der Waals surface area contributed by atoms with Gasteiger partial charge in [0.15, 0.2) is 11.5 Å². The number of carbonyl (C=O) groups excluding carboxylic acids is 1. The molecule has 19 heavy (non-hydrogen) atoms. The average Bonchev–Trinajstić information content (AvgIpc) is 2.47. The van der Waals surface area contributed by atoms with Crippen LogP contribution in [0.3, 0.4) is 0 Å². The number of rotatable bonds is 5. The van der Waals surface area contributed by atoms with Gasteiger partial charge < -0.3 is 19.5 Å². The fraction of sp³-hybridized carbons (Fsp3) is 0.500. The van der Waals surface area contributed by atoms with Gasteiger partial charge in [-0.25, -0.2) is 0 Å². The van der Waals surface area contributed by atoms with Gasteiger partial charge in [0.05, 0.1) is 7.11 Å². The molecule has 0 bridgehead atoms. The van der Waals surface area contributed by atoms with Crippen molar-refractivity contribution < 1.29 is 19.0 Å². The zero-order chi connectivity index (χ0) is 13.7. The van der Waals surface area contributed by atoms with Crippen LogP contribution < -0.4 is 14.8 Å². The van der Waals surface area contributed by atoms with Crippen LogP contribution in [0.2, 0.25) is 0 Å². The van der Waals surface area contributed by atoms with Crippen molar-refractivity contribution in [2.75, 3.05) is 20.3 Å². The summed E-state index contributed by atoms with van der Waals surface area (Å²) >= 11 is 0.